The number of rotatable bonds is 1. The molecule has 2 N–H and O–H groups in total. The summed E-state index contributed by atoms with van der Waals surface area (Å²) in [7, 11) is 0. The molecule has 3 rings (SSSR count). The lowest BCUT2D eigenvalue weighted by Crippen LogP contribution is -2.51. The first kappa shape index (κ1) is 9.84. The molecule has 0 unspecified atom stereocenters. The third-order valence-corrected chi connectivity index (χ3v) is 3.53. The predicted molar refractivity (Wildman–Crippen MR) is 60.6 cm³/mol. The smallest absolute Gasteiger partial charge is 0.123 e. The topological polar surface area (TPSA) is 45.4 Å². The number of nitrogen functional groups attached to an aromatic ring is 1. The average Bonchev–Trinajstić information content (AvgIpc) is 3.05. The summed E-state index contributed by atoms with van der Waals surface area (Å²) in [6.07, 6.45) is 3.68. The van der Waals surface area contributed by atoms with Crippen molar-refractivity contribution < 1.29 is 4.48 Å². The highest BCUT2D eigenvalue weighted by Gasteiger charge is 2.52. The molecule has 1 spiro atoms. The fraction of sp³-hybridized carbons (Fsp3) is 0.545. The Morgan fingerprint density at radius 3 is 2.75 bits per heavy atom. The molecule has 86 valence electrons. The van der Waals surface area contributed by atoms with Gasteiger partial charge in [0.2, 0.25) is 0 Å². The van der Waals surface area contributed by atoms with Gasteiger partial charge in [-0.15, -0.1) is 9.60 Å². The van der Waals surface area contributed by atoms with Gasteiger partial charge in [0.15, 0.2) is 0 Å². The van der Waals surface area contributed by atoms with Gasteiger partial charge in [-0.05, 0) is 25.0 Å². The molecular formula is C11H15FN4. The molecule has 1 saturated heterocycles. The number of aromatic nitrogens is 1. The van der Waals surface area contributed by atoms with E-state index < -0.39 is 0 Å². The number of hydrogen-bond donors (Lipinski definition) is 1. The summed E-state index contributed by atoms with van der Waals surface area (Å²) in [4.78, 5) is 6.26. The number of halogens is 1. The maximum absolute atomic E-state index is 13.5. The second-order valence-electron chi connectivity index (χ2n) is 4.67. The van der Waals surface area contributed by atoms with E-state index in [1.54, 1.807) is 12.3 Å². The van der Waals surface area contributed by atoms with Crippen LogP contribution in [0.5, 0.6) is 0 Å². The van der Waals surface area contributed by atoms with Crippen molar-refractivity contribution in [2.45, 2.75) is 18.4 Å². The highest BCUT2D eigenvalue weighted by molar-refractivity contribution is 5.49. The van der Waals surface area contributed by atoms with Gasteiger partial charge in [0, 0.05) is 19.6 Å². The largest absolute Gasteiger partial charge is 0.384 e. The molecule has 1 aromatic heterocycles. The van der Waals surface area contributed by atoms with Crippen molar-refractivity contribution in [1.82, 2.24) is 10.1 Å². The van der Waals surface area contributed by atoms with Gasteiger partial charge in [-0.2, -0.15) is 0 Å². The number of nitrogens with two attached hydrogens (primary N) is 1. The second kappa shape index (κ2) is 3.31. The Morgan fingerprint density at radius 1 is 1.31 bits per heavy atom. The molecule has 1 aromatic rings. The van der Waals surface area contributed by atoms with Gasteiger partial charge < -0.3 is 10.6 Å². The second-order valence-corrected chi connectivity index (χ2v) is 4.67. The molecule has 4 nitrogen and oxygen atoms in total. The molecule has 0 bridgehead atoms. The predicted octanol–water partition coefficient (Wildman–Crippen LogP) is 1.20. The number of hydrogen-bond acceptors (Lipinski definition) is 4. The first-order chi connectivity index (χ1) is 7.70. The fourth-order valence-corrected chi connectivity index (χ4v) is 2.31. The zero-order chi connectivity index (χ0) is 11.2. The van der Waals surface area contributed by atoms with E-state index >= 15 is 0 Å². The zero-order valence-corrected chi connectivity index (χ0v) is 9.06. The van der Waals surface area contributed by atoms with Crippen LogP contribution in [0.1, 0.15) is 12.8 Å². The van der Waals surface area contributed by atoms with Crippen molar-refractivity contribution in [1.29, 1.82) is 0 Å². The van der Waals surface area contributed by atoms with Gasteiger partial charge in [0.1, 0.15) is 5.82 Å². The Hall–Kier alpha value is -1.36. The molecule has 1 aliphatic heterocycles. The lowest BCUT2D eigenvalue weighted by molar-refractivity contribution is -0.0431. The summed E-state index contributed by atoms with van der Waals surface area (Å²) in [6, 6.07) is 3.74. The minimum atomic E-state index is -0.209. The Morgan fingerprint density at radius 2 is 2.12 bits per heavy atom. The Bertz CT molecular complexity index is 387. The van der Waals surface area contributed by atoms with Crippen molar-refractivity contribution in [3.05, 3.63) is 18.3 Å². The van der Waals surface area contributed by atoms with E-state index in [2.05, 4.69) is 9.88 Å². The van der Waals surface area contributed by atoms with Crippen molar-refractivity contribution in [2.75, 3.05) is 30.3 Å². The highest BCUT2D eigenvalue weighted by Crippen LogP contribution is 2.45. The van der Waals surface area contributed by atoms with E-state index in [0.29, 0.717) is 18.9 Å². The van der Waals surface area contributed by atoms with Crippen LogP contribution in [-0.4, -0.2) is 35.3 Å². The lowest BCUT2D eigenvalue weighted by atomic mass is 10.1. The van der Waals surface area contributed by atoms with Crippen molar-refractivity contribution >= 4 is 11.5 Å². The van der Waals surface area contributed by atoms with Crippen LogP contribution < -0.4 is 10.6 Å². The molecule has 2 aliphatic rings. The van der Waals surface area contributed by atoms with Crippen LogP contribution in [0, 0.1) is 0 Å². The third kappa shape index (κ3) is 1.51. The average molecular weight is 222 g/mol. The van der Waals surface area contributed by atoms with E-state index in [-0.39, 0.29) is 5.54 Å². The minimum Gasteiger partial charge on any atom is -0.384 e. The monoisotopic (exact) mass is 222 g/mol. The summed E-state index contributed by atoms with van der Waals surface area (Å²) < 4.78 is 13.5. The lowest BCUT2D eigenvalue weighted by Gasteiger charge is -2.38. The molecular weight excluding hydrogens is 207 g/mol. The van der Waals surface area contributed by atoms with E-state index in [0.717, 1.165) is 30.2 Å². The van der Waals surface area contributed by atoms with Crippen LogP contribution in [0.4, 0.5) is 16.0 Å². The molecule has 0 radical (unpaired) electrons. The van der Waals surface area contributed by atoms with Crippen LogP contribution in [0.2, 0.25) is 0 Å². The van der Waals surface area contributed by atoms with Gasteiger partial charge >= 0.3 is 0 Å². The van der Waals surface area contributed by atoms with Crippen LogP contribution >= 0.6 is 0 Å². The van der Waals surface area contributed by atoms with Crippen molar-refractivity contribution in [2.24, 2.45) is 0 Å². The van der Waals surface area contributed by atoms with Crippen LogP contribution in [0.3, 0.4) is 0 Å². The maximum Gasteiger partial charge on any atom is 0.123 e. The van der Waals surface area contributed by atoms with Crippen LogP contribution in [-0.2, 0) is 0 Å². The summed E-state index contributed by atoms with van der Waals surface area (Å²) in [5.74, 6) is 0.522. The molecule has 0 atom stereocenters. The summed E-state index contributed by atoms with van der Waals surface area (Å²) in [5, 5.41) is 1.01. The van der Waals surface area contributed by atoms with Gasteiger partial charge in [0.05, 0.1) is 17.4 Å². The summed E-state index contributed by atoms with van der Waals surface area (Å²) >= 11 is 0. The first-order valence-electron chi connectivity index (χ1n) is 5.60. The van der Waals surface area contributed by atoms with Crippen LogP contribution in [0.25, 0.3) is 0 Å². The zero-order valence-electron chi connectivity index (χ0n) is 9.06. The first-order valence-corrected chi connectivity index (χ1v) is 5.60. The third-order valence-electron chi connectivity index (χ3n) is 3.53. The van der Waals surface area contributed by atoms with E-state index in [1.807, 2.05) is 6.07 Å². The van der Waals surface area contributed by atoms with Crippen molar-refractivity contribution in [3.8, 4) is 0 Å². The molecule has 2 heterocycles. The van der Waals surface area contributed by atoms with E-state index in [1.165, 1.54) is 0 Å². The normalized spacial score (nSPS) is 23.7. The van der Waals surface area contributed by atoms with Gasteiger partial charge in [-0.3, -0.25) is 0 Å². The molecule has 1 aliphatic carbocycles. The number of nitrogens with zero attached hydrogens (tertiary/aromatic N) is 3. The van der Waals surface area contributed by atoms with Gasteiger partial charge in [-0.1, -0.05) is 0 Å². The summed E-state index contributed by atoms with van der Waals surface area (Å²) in [5.41, 5.74) is 6.37. The van der Waals surface area contributed by atoms with Crippen molar-refractivity contribution in [3.63, 3.8) is 0 Å². The number of pyridine rings is 1. The Kier molecular flexibility index (Phi) is 2.04. The van der Waals surface area contributed by atoms with Gasteiger partial charge in [0.25, 0.3) is 0 Å². The Balaban J connectivity index is 1.79. The number of anilines is 2. The SMILES string of the molecule is Nc1ccc(N2CCN(F)C3(CC3)C2)cn1. The molecule has 16 heavy (non-hydrogen) atoms. The molecule has 0 amide bonds. The molecule has 2 fully saturated rings. The van der Waals surface area contributed by atoms with Crippen LogP contribution in [0.15, 0.2) is 18.3 Å². The standard InChI is InChI=1S/C11H15FN4/c12-16-6-5-15(8-11(16)3-4-11)9-1-2-10(13)14-7-9/h1-2,7H,3-6,8H2,(H2,13,14). The maximum atomic E-state index is 13.5. The van der Waals surface area contributed by atoms with Gasteiger partial charge in [-0.25, -0.2) is 4.98 Å². The quantitative estimate of drug-likeness (QED) is 0.725. The molecule has 1 saturated carbocycles. The number of piperazine rings is 1. The van der Waals surface area contributed by atoms with E-state index in [4.69, 9.17) is 5.73 Å². The molecule has 5 heteroatoms. The summed E-state index contributed by atoms with van der Waals surface area (Å²) in [6.45, 7) is 1.95. The fourth-order valence-electron chi connectivity index (χ4n) is 2.31. The Labute approximate surface area is 93.8 Å². The highest BCUT2D eigenvalue weighted by atomic mass is 19.2. The van der Waals surface area contributed by atoms with E-state index in [9.17, 15) is 4.48 Å². The minimum absolute atomic E-state index is 0.209. The molecule has 0 aromatic carbocycles.